The van der Waals surface area contributed by atoms with Crippen LogP contribution in [0.25, 0.3) is 10.9 Å². The number of nitrogens with two attached hydrogens (primary N) is 2. The van der Waals surface area contributed by atoms with Gasteiger partial charge in [0.25, 0.3) is 0 Å². The number of amides is 4. The zero-order chi connectivity index (χ0) is 34.1. The number of nitrogens with one attached hydrogen (secondary N) is 6. The number of carboxylic acid groups (broad SMARTS) is 1. The summed E-state index contributed by atoms with van der Waals surface area (Å²) >= 11 is 0. The molecule has 6 atom stereocenters. The topological polar surface area (TPSA) is 289 Å². The highest BCUT2D eigenvalue weighted by molar-refractivity contribution is 5.95. The number of guanidine groups is 1. The van der Waals surface area contributed by atoms with Gasteiger partial charge in [-0.05, 0) is 31.9 Å². The highest BCUT2D eigenvalue weighted by atomic mass is 16.4. The molecule has 2 aromatic rings. The highest BCUT2D eigenvalue weighted by Gasteiger charge is 2.32. The van der Waals surface area contributed by atoms with Gasteiger partial charge in [-0.15, -0.1) is 0 Å². The van der Waals surface area contributed by atoms with E-state index in [4.69, 9.17) is 16.9 Å². The van der Waals surface area contributed by atoms with Gasteiger partial charge in [0.15, 0.2) is 5.96 Å². The molecule has 1 aromatic heterocycles. The lowest BCUT2D eigenvalue weighted by Gasteiger charge is -2.25. The number of rotatable bonds is 15. The molecule has 1 aliphatic rings. The van der Waals surface area contributed by atoms with Crippen LogP contribution in [0, 0.1) is 5.41 Å². The number of aromatic nitrogens is 1. The zero-order valence-electron chi connectivity index (χ0n) is 25.4. The van der Waals surface area contributed by atoms with Gasteiger partial charge >= 0.3 is 5.97 Å². The van der Waals surface area contributed by atoms with Gasteiger partial charge < -0.3 is 57.9 Å². The summed E-state index contributed by atoms with van der Waals surface area (Å²) in [5.74, 6) is -4.95. The molecule has 0 fully saturated rings. The fourth-order valence-corrected chi connectivity index (χ4v) is 4.77. The third kappa shape index (κ3) is 10.2. The molecule has 4 amide bonds. The van der Waals surface area contributed by atoms with Crippen LogP contribution in [-0.4, -0.2) is 117 Å². The summed E-state index contributed by atoms with van der Waals surface area (Å²) in [6.45, 7) is 2.26. The Morgan fingerprint density at radius 2 is 1.57 bits per heavy atom. The number of hydrogen-bond acceptors (Lipinski definition) is 9. The Labute approximate surface area is 271 Å². The Bertz CT molecular complexity index is 1490. The predicted octanol–water partition coefficient (Wildman–Crippen LogP) is -2.38. The number of fused-ring (bicyclic) bond motifs is 1. The molecular weight excluding hydrogens is 614 g/mol. The number of benzene rings is 1. The number of aliphatic hydroxyl groups excluding tert-OH is 2. The van der Waals surface area contributed by atoms with Gasteiger partial charge in [0, 0.05) is 36.6 Å². The van der Waals surface area contributed by atoms with Crippen molar-refractivity contribution in [3.8, 4) is 0 Å². The summed E-state index contributed by atoms with van der Waals surface area (Å²) in [6, 6.07) is 0.488. The highest BCUT2D eigenvalue weighted by Crippen LogP contribution is 2.19. The normalized spacial score (nSPS) is 16.4. The molecule has 0 bridgehead atoms. The van der Waals surface area contributed by atoms with E-state index >= 15 is 0 Å². The number of H-pyrrole nitrogens is 1. The minimum atomic E-state index is -1.56. The molecule has 0 aliphatic carbocycles. The van der Waals surface area contributed by atoms with E-state index in [2.05, 4.69) is 26.3 Å². The Morgan fingerprint density at radius 1 is 0.957 bits per heavy atom. The summed E-state index contributed by atoms with van der Waals surface area (Å²) in [4.78, 5) is 68.2. The van der Waals surface area contributed by atoms with Gasteiger partial charge in [-0.3, -0.25) is 24.6 Å². The van der Waals surface area contributed by atoms with E-state index < -0.39 is 72.5 Å². The third-order valence-corrected chi connectivity index (χ3v) is 7.54. The summed E-state index contributed by atoms with van der Waals surface area (Å²) in [7, 11) is 0. The van der Waals surface area contributed by atoms with Crippen LogP contribution in [0.15, 0.2) is 42.1 Å². The number of aliphatic carboxylic acids is 1. The van der Waals surface area contributed by atoms with Crippen molar-refractivity contribution in [3.63, 3.8) is 0 Å². The average Bonchev–Trinajstić information content (AvgIpc) is 3.65. The maximum atomic E-state index is 13.3. The van der Waals surface area contributed by atoms with Crippen LogP contribution < -0.4 is 32.7 Å². The number of para-hydroxylation sites is 1. The molecular formula is C30H45N9O8. The van der Waals surface area contributed by atoms with E-state index in [1.165, 1.54) is 18.7 Å². The molecule has 0 radical (unpaired) electrons. The predicted molar refractivity (Wildman–Crippen MR) is 173 cm³/mol. The van der Waals surface area contributed by atoms with E-state index in [-0.39, 0.29) is 32.8 Å². The number of carbonyl (C=O) groups is 5. The van der Waals surface area contributed by atoms with Crippen LogP contribution in [0.2, 0.25) is 0 Å². The second-order valence-corrected chi connectivity index (χ2v) is 11.1. The molecule has 17 nitrogen and oxygen atoms in total. The molecule has 258 valence electrons. The molecule has 47 heavy (non-hydrogen) atoms. The van der Waals surface area contributed by atoms with Crippen LogP contribution in [0.4, 0.5) is 0 Å². The monoisotopic (exact) mass is 659 g/mol. The Kier molecular flexibility index (Phi) is 13.9. The first-order valence-corrected chi connectivity index (χ1v) is 14.5. The van der Waals surface area contributed by atoms with Crippen molar-refractivity contribution in [2.45, 2.75) is 70.4 Å². The first-order valence-electron chi connectivity index (χ1n) is 14.5. The first kappa shape index (κ1) is 38.2. The number of carboxylic acids is 1. The van der Waals surface area contributed by atoms with E-state index in [1.807, 2.05) is 18.2 Å². The SMILES string of the molecule is C.CC(O)C(N)C(=O)NC(CC1=CCN(C(=N)N)C1)C(=O)NC(CO)C(=O)N[C@@H](C)C(=O)NC(Cc1c[nH]c2ccccc12)C(=O)O. The minimum Gasteiger partial charge on any atom is -0.480 e. The smallest absolute Gasteiger partial charge is 0.326 e. The zero-order valence-corrected chi connectivity index (χ0v) is 25.4. The van der Waals surface area contributed by atoms with Crippen molar-refractivity contribution in [1.82, 2.24) is 31.2 Å². The second-order valence-electron chi connectivity index (χ2n) is 11.1. The minimum absolute atomic E-state index is 0. The van der Waals surface area contributed by atoms with Gasteiger partial charge in [-0.1, -0.05) is 37.3 Å². The Balaban J connectivity index is 0.00000768. The standard InChI is InChI=1S/C29H41N9O8.CH4/c1-14(24(41)36-21(28(45)46)10-17-11-33-19-6-4-3-5-18(17)19)34-26(43)22(13-39)37-25(42)20(35-27(44)23(30)15(2)40)9-16-7-8-38(12-16)29(31)32;/h3-7,11,14-15,20-23,33,39-40H,8-10,12-13,30H2,1-2H3,(H3,31,32)(H,34,43)(H,35,44)(H,36,41)(H,37,42)(H,45,46);1H4/t14-,15?,20?,21?,22?,23?;/m0./s1. The van der Waals surface area contributed by atoms with Crippen molar-refractivity contribution in [1.29, 1.82) is 5.41 Å². The second kappa shape index (κ2) is 17.1. The van der Waals surface area contributed by atoms with Crippen LogP contribution >= 0.6 is 0 Å². The van der Waals surface area contributed by atoms with Gasteiger partial charge in [0.05, 0.1) is 12.7 Å². The molecule has 1 aromatic carbocycles. The van der Waals surface area contributed by atoms with Crippen molar-refractivity contribution in [2.24, 2.45) is 11.5 Å². The van der Waals surface area contributed by atoms with Gasteiger partial charge in [-0.2, -0.15) is 0 Å². The quantitative estimate of drug-likeness (QED) is 0.0545. The fraction of sp³-hybridized carbons (Fsp3) is 0.467. The molecule has 1 aliphatic heterocycles. The van der Waals surface area contributed by atoms with Gasteiger partial charge in [-0.25, -0.2) is 4.79 Å². The molecule has 5 unspecified atom stereocenters. The number of aliphatic hydroxyl groups is 2. The van der Waals surface area contributed by atoms with Gasteiger partial charge in [0.1, 0.15) is 30.2 Å². The van der Waals surface area contributed by atoms with Crippen molar-refractivity contribution < 1.29 is 39.3 Å². The summed E-state index contributed by atoms with van der Waals surface area (Å²) in [5.41, 5.74) is 13.4. The van der Waals surface area contributed by atoms with E-state index in [0.717, 1.165) is 10.9 Å². The Hall–Kier alpha value is -5.00. The van der Waals surface area contributed by atoms with Crippen LogP contribution in [-0.2, 0) is 30.4 Å². The summed E-state index contributed by atoms with van der Waals surface area (Å²) < 4.78 is 0. The van der Waals surface area contributed by atoms with E-state index in [1.54, 1.807) is 18.3 Å². The maximum absolute atomic E-state index is 13.3. The largest absolute Gasteiger partial charge is 0.480 e. The lowest BCUT2D eigenvalue weighted by molar-refractivity contribution is -0.142. The van der Waals surface area contributed by atoms with Crippen LogP contribution in [0.5, 0.6) is 0 Å². The number of nitrogens with zero attached hydrogens (tertiary/aromatic N) is 1. The molecule has 2 heterocycles. The average molecular weight is 660 g/mol. The third-order valence-electron chi connectivity index (χ3n) is 7.54. The number of hydrogen-bond donors (Lipinski definition) is 11. The molecule has 13 N–H and O–H groups in total. The van der Waals surface area contributed by atoms with Crippen LogP contribution in [0.3, 0.4) is 0 Å². The molecule has 17 heteroatoms. The lowest BCUT2D eigenvalue weighted by atomic mass is 10.0. The number of carbonyl (C=O) groups excluding carboxylic acids is 4. The molecule has 0 saturated heterocycles. The fourth-order valence-electron chi connectivity index (χ4n) is 4.77. The maximum Gasteiger partial charge on any atom is 0.326 e. The first-order chi connectivity index (χ1) is 21.7. The lowest BCUT2D eigenvalue weighted by Crippen LogP contribution is -2.59. The Morgan fingerprint density at radius 3 is 2.17 bits per heavy atom. The number of aromatic amines is 1. The van der Waals surface area contributed by atoms with Gasteiger partial charge in [0.2, 0.25) is 23.6 Å². The van der Waals surface area contributed by atoms with Crippen molar-refractivity contribution >= 4 is 46.5 Å². The molecule has 0 saturated carbocycles. The van der Waals surface area contributed by atoms with E-state index in [0.29, 0.717) is 17.7 Å². The summed E-state index contributed by atoms with van der Waals surface area (Å²) in [5, 5.41) is 47.3. The van der Waals surface area contributed by atoms with Crippen molar-refractivity contribution in [2.75, 3.05) is 19.7 Å². The van der Waals surface area contributed by atoms with Crippen LogP contribution in [0.1, 0.15) is 33.3 Å². The molecule has 0 spiro atoms. The molecule has 3 rings (SSSR count). The van der Waals surface area contributed by atoms with Crippen molar-refractivity contribution in [3.05, 3.63) is 47.7 Å². The van der Waals surface area contributed by atoms with E-state index in [9.17, 15) is 39.3 Å². The summed E-state index contributed by atoms with van der Waals surface area (Å²) in [6.07, 6.45) is 2.06.